The van der Waals surface area contributed by atoms with Gasteiger partial charge in [0.2, 0.25) is 0 Å². The molecule has 0 radical (unpaired) electrons. The van der Waals surface area contributed by atoms with Crippen LogP contribution in [0, 0.1) is 5.92 Å². The lowest BCUT2D eigenvalue weighted by molar-refractivity contribution is 0.0661. The molecule has 1 aliphatic rings. The van der Waals surface area contributed by atoms with Gasteiger partial charge in [0, 0.05) is 12.5 Å². The molecule has 88 valence electrons. The second-order valence-electron chi connectivity index (χ2n) is 4.18. The second-order valence-corrected chi connectivity index (χ2v) is 4.18. The SMILES string of the molecule is O=C(NCC1CCCCC1O)c1cn[nH]n1. The number of carbonyl (C=O) groups excluding carboxylic acids is 1. The molecule has 1 aromatic rings. The predicted molar refractivity (Wildman–Crippen MR) is 56.7 cm³/mol. The summed E-state index contributed by atoms with van der Waals surface area (Å²) in [7, 11) is 0. The average molecular weight is 224 g/mol. The predicted octanol–water partition coefficient (Wildman–Crippen LogP) is 0.0856. The van der Waals surface area contributed by atoms with Crippen LogP contribution in [0.3, 0.4) is 0 Å². The molecule has 1 aromatic heterocycles. The summed E-state index contributed by atoms with van der Waals surface area (Å²) < 4.78 is 0. The van der Waals surface area contributed by atoms with E-state index >= 15 is 0 Å². The number of aliphatic hydroxyl groups is 1. The minimum atomic E-state index is -0.286. The van der Waals surface area contributed by atoms with Crippen molar-refractivity contribution in [2.45, 2.75) is 31.8 Å². The monoisotopic (exact) mass is 224 g/mol. The van der Waals surface area contributed by atoms with E-state index in [1.54, 1.807) is 0 Å². The van der Waals surface area contributed by atoms with Gasteiger partial charge in [-0.15, -0.1) is 0 Å². The van der Waals surface area contributed by atoms with Crippen molar-refractivity contribution < 1.29 is 9.90 Å². The summed E-state index contributed by atoms with van der Waals surface area (Å²) in [5.74, 6) is -0.0730. The van der Waals surface area contributed by atoms with Crippen molar-refractivity contribution >= 4 is 5.91 Å². The molecule has 1 fully saturated rings. The number of nitrogens with zero attached hydrogens (tertiary/aromatic N) is 2. The molecule has 2 unspecified atom stereocenters. The first-order valence-corrected chi connectivity index (χ1v) is 5.59. The molecule has 1 heterocycles. The number of hydrogen-bond donors (Lipinski definition) is 3. The Labute approximate surface area is 93.4 Å². The van der Waals surface area contributed by atoms with Gasteiger partial charge in [-0.25, -0.2) is 0 Å². The highest BCUT2D eigenvalue weighted by Gasteiger charge is 2.23. The molecule has 0 bridgehead atoms. The van der Waals surface area contributed by atoms with Crippen molar-refractivity contribution in [1.82, 2.24) is 20.7 Å². The van der Waals surface area contributed by atoms with Crippen LogP contribution in [-0.2, 0) is 0 Å². The van der Waals surface area contributed by atoms with Crippen molar-refractivity contribution in [3.8, 4) is 0 Å². The molecule has 1 amide bonds. The molecule has 0 saturated heterocycles. The Morgan fingerprint density at radius 2 is 2.38 bits per heavy atom. The molecule has 6 heteroatoms. The number of nitrogens with one attached hydrogen (secondary N) is 2. The lowest BCUT2D eigenvalue weighted by Gasteiger charge is -2.27. The fourth-order valence-corrected chi connectivity index (χ4v) is 2.05. The summed E-state index contributed by atoms with van der Waals surface area (Å²) in [6, 6.07) is 0. The van der Waals surface area contributed by atoms with Crippen LogP contribution in [0.2, 0.25) is 0 Å². The zero-order valence-electron chi connectivity index (χ0n) is 9.02. The first kappa shape index (κ1) is 11.1. The van der Waals surface area contributed by atoms with Crippen molar-refractivity contribution in [2.75, 3.05) is 6.54 Å². The normalized spacial score (nSPS) is 25.3. The van der Waals surface area contributed by atoms with Crippen molar-refractivity contribution in [3.05, 3.63) is 11.9 Å². The van der Waals surface area contributed by atoms with Gasteiger partial charge in [0.15, 0.2) is 5.69 Å². The molecule has 0 spiro atoms. The number of aromatic nitrogens is 3. The van der Waals surface area contributed by atoms with Gasteiger partial charge in [0.25, 0.3) is 5.91 Å². The van der Waals surface area contributed by atoms with Crippen molar-refractivity contribution in [1.29, 1.82) is 0 Å². The number of aromatic amines is 1. The minimum absolute atomic E-state index is 0.171. The Bertz CT molecular complexity index is 339. The van der Waals surface area contributed by atoms with E-state index < -0.39 is 0 Å². The first-order valence-electron chi connectivity index (χ1n) is 5.59. The highest BCUT2D eigenvalue weighted by Crippen LogP contribution is 2.23. The van der Waals surface area contributed by atoms with Crippen LogP contribution in [0.5, 0.6) is 0 Å². The van der Waals surface area contributed by atoms with Gasteiger partial charge >= 0.3 is 0 Å². The maximum atomic E-state index is 11.5. The summed E-state index contributed by atoms with van der Waals surface area (Å²) in [6.07, 6.45) is 5.11. The Balaban J connectivity index is 1.80. The van der Waals surface area contributed by atoms with Gasteiger partial charge in [-0.2, -0.15) is 15.4 Å². The molecule has 1 aliphatic carbocycles. The van der Waals surface area contributed by atoms with Crippen LogP contribution in [0.4, 0.5) is 0 Å². The molecule has 0 aromatic carbocycles. The number of amides is 1. The fraction of sp³-hybridized carbons (Fsp3) is 0.700. The van der Waals surface area contributed by atoms with Crippen molar-refractivity contribution in [2.24, 2.45) is 5.92 Å². The summed E-state index contributed by atoms with van der Waals surface area (Å²) in [4.78, 5) is 11.5. The van der Waals surface area contributed by atoms with Crippen LogP contribution in [0.1, 0.15) is 36.2 Å². The topological polar surface area (TPSA) is 90.9 Å². The van der Waals surface area contributed by atoms with Crippen LogP contribution < -0.4 is 5.32 Å². The van der Waals surface area contributed by atoms with E-state index in [2.05, 4.69) is 20.7 Å². The molecule has 16 heavy (non-hydrogen) atoms. The van der Waals surface area contributed by atoms with Gasteiger partial charge in [-0.1, -0.05) is 12.8 Å². The maximum absolute atomic E-state index is 11.5. The summed E-state index contributed by atoms with van der Waals surface area (Å²) in [5, 5.41) is 22.1. The molecule has 3 N–H and O–H groups in total. The maximum Gasteiger partial charge on any atom is 0.273 e. The zero-order valence-corrected chi connectivity index (χ0v) is 9.02. The molecule has 6 nitrogen and oxygen atoms in total. The third-order valence-corrected chi connectivity index (χ3v) is 3.04. The number of H-pyrrole nitrogens is 1. The summed E-state index contributed by atoms with van der Waals surface area (Å²) >= 11 is 0. The van der Waals surface area contributed by atoms with Gasteiger partial charge in [-0.05, 0) is 12.8 Å². The number of hydrogen-bond acceptors (Lipinski definition) is 4. The highest BCUT2D eigenvalue weighted by molar-refractivity contribution is 5.91. The Morgan fingerprint density at radius 3 is 3.06 bits per heavy atom. The van der Waals surface area contributed by atoms with E-state index in [1.807, 2.05) is 0 Å². The lowest BCUT2D eigenvalue weighted by atomic mass is 9.86. The largest absolute Gasteiger partial charge is 0.393 e. The lowest BCUT2D eigenvalue weighted by Crippen LogP contribution is -2.36. The van der Waals surface area contributed by atoms with Crippen LogP contribution in [0.15, 0.2) is 6.20 Å². The van der Waals surface area contributed by atoms with Gasteiger partial charge < -0.3 is 10.4 Å². The van der Waals surface area contributed by atoms with Crippen LogP contribution in [0.25, 0.3) is 0 Å². The molecule has 0 aliphatic heterocycles. The highest BCUT2D eigenvalue weighted by atomic mass is 16.3. The molecule has 2 atom stereocenters. The Hall–Kier alpha value is -1.43. The quantitative estimate of drug-likeness (QED) is 0.678. The molecular formula is C10H16N4O2. The van der Waals surface area contributed by atoms with E-state index in [9.17, 15) is 9.90 Å². The van der Waals surface area contributed by atoms with Gasteiger partial charge in [0.05, 0.1) is 12.3 Å². The third kappa shape index (κ3) is 2.57. The molecule has 2 rings (SSSR count). The van der Waals surface area contributed by atoms with Gasteiger partial charge in [0.1, 0.15) is 0 Å². The molecule has 1 saturated carbocycles. The fourth-order valence-electron chi connectivity index (χ4n) is 2.05. The number of aliphatic hydroxyl groups excluding tert-OH is 1. The summed E-state index contributed by atoms with van der Waals surface area (Å²) in [5.41, 5.74) is 0.283. The van der Waals surface area contributed by atoms with Crippen LogP contribution in [-0.4, -0.2) is 39.1 Å². The minimum Gasteiger partial charge on any atom is -0.393 e. The molecular weight excluding hydrogens is 208 g/mol. The van der Waals surface area contributed by atoms with Gasteiger partial charge in [-0.3, -0.25) is 4.79 Å². The standard InChI is InChI=1S/C10H16N4O2/c15-9-4-2-1-3-7(9)5-11-10(16)8-6-12-14-13-8/h6-7,9,15H,1-5H2,(H,11,16)(H,12,13,14). The number of carbonyl (C=O) groups is 1. The van der Waals surface area contributed by atoms with E-state index in [0.29, 0.717) is 6.54 Å². The zero-order chi connectivity index (χ0) is 11.4. The van der Waals surface area contributed by atoms with E-state index in [0.717, 1.165) is 25.7 Å². The van der Waals surface area contributed by atoms with E-state index in [1.165, 1.54) is 6.20 Å². The van der Waals surface area contributed by atoms with Crippen LogP contribution >= 0.6 is 0 Å². The summed E-state index contributed by atoms with van der Waals surface area (Å²) in [6.45, 7) is 0.507. The Morgan fingerprint density at radius 1 is 1.56 bits per heavy atom. The second kappa shape index (κ2) is 5.07. The average Bonchev–Trinajstić information content (AvgIpc) is 2.81. The number of rotatable bonds is 3. The van der Waals surface area contributed by atoms with E-state index in [-0.39, 0.29) is 23.6 Å². The smallest absolute Gasteiger partial charge is 0.273 e. The van der Waals surface area contributed by atoms with E-state index in [4.69, 9.17) is 0 Å². The third-order valence-electron chi connectivity index (χ3n) is 3.04. The Kier molecular flexibility index (Phi) is 3.51. The first-order chi connectivity index (χ1) is 7.77. The van der Waals surface area contributed by atoms with Crippen molar-refractivity contribution in [3.63, 3.8) is 0 Å².